The van der Waals surface area contributed by atoms with Gasteiger partial charge in [-0.3, -0.25) is 9.59 Å². The van der Waals surface area contributed by atoms with Crippen LogP contribution in [0.3, 0.4) is 0 Å². The molecule has 0 aliphatic carbocycles. The maximum absolute atomic E-state index is 12.2. The normalized spacial score (nSPS) is 15.0. The fourth-order valence-electron chi connectivity index (χ4n) is 3.45. The highest BCUT2D eigenvalue weighted by Gasteiger charge is 2.25. The Morgan fingerprint density at radius 1 is 1.21 bits per heavy atom. The van der Waals surface area contributed by atoms with E-state index in [1.54, 1.807) is 13.8 Å². The summed E-state index contributed by atoms with van der Waals surface area (Å²) in [5.41, 5.74) is 4.21. The van der Waals surface area contributed by atoms with Crippen molar-refractivity contribution in [3.05, 3.63) is 71.4 Å². The molecule has 0 spiro atoms. The van der Waals surface area contributed by atoms with E-state index in [0.717, 1.165) is 22.4 Å². The Morgan fingerprint density at radius 3 is 2.79 bits per heavy atom. The minimum atomic E-state index is -0.300. The SMILES string of the molecule is CC(=O)c1ccccc1-c1ccc2c(c1)CC(CNC(=O)c1ocnc1C)O2. The molecule has 3 aromatic rings. The molecule has 0 saturated heterocycles. The van der Waals surface area contributed by atoms with Gasteiger partial charge in [-0.25, -0.2) is 4.98 Å². The topological polar surface area (TPSA) is 81.4 Å². The maximum Gasteiger partial charge on any atom is 0.289 e. The second kappa shape index (κ2) is 7.31. The molecule has 1 N–H and O–H groups in total. The summed E-state index contributed by atoms with van der Waals surface area (Å²) in [6.07, 6.45) is 1.79. The molecule has 1 amide bonds. The highest BCUT2D eigenvalue weighted by molar-refractivity contribution is 6.00. The van der Waals surface area contributed by atoms with E-state index in [0.29, 0.717) is 24.2 Å². The second-order valence-electron chi connectivity index (χ2n) is 6.85. The molecule has 2 heterocycles. The molecule has 4 rings (SSSR count). The summed E-state index contributed by atoms with van der Waals surface area (Å²) in [6, 6.07) is 13.5. The Bertz CT molecular complexity index is 1050. The number of amides is 1. The van der Waals surface area contributed by atoms with Crippen molar-refractivity contribution < 1.29 is 18.7 Å². The van der Waals surface area contributed by atoms with E-state index in [2.05, 4.69) is 16.4 Å². The highest BCUT2D eigenvalue weighted by atomic mass is 16.5. The minimum absolute atomic E-state index is 0.0376. The van der Waals surface area contributed by atoms with Crippen molar-refractivity contribution in [1.82, 2.24) is 10.3 Å². The van der Waals surface area contributed by atoms with Crippen LogP contribution in [-0.4, -0.2) is 29.3 Å². The molecule has 6 heteroatoms. The fraction of sp³-hybridized carbons (Fsp3) is 0.227. The van der Waals surface area contributed by atoms with E-state index in [1.807, 2.05) is 36.4 Å². The molecule has 1 unspecified atom stereocenters. The number of hydrogen-bond donors (Lipinski definition) is 1. The van der Waals surface area contributed by atoms with Gasteiger partial charge in [0.05, 0.1) is 12.2 Å². The maximum atomic E-state index is 12.2. The van der Waals surface area contributed by atoms with Crippen molar-refractivity contribution in [3.63, 3.8) is 0 Å². The van der Waals surface area contributed by atoms with Crippen LogP contribution in [-0.2, 0) is 6.42 Å². The first-order valence-electron chi connectivity index (χ1n) is 9.11. The molecule has 0 bridgehead atoms. The van der Waals surface area contributed by atoms with Gasteiger partial charge in [0.15, 0.2) is 12.2 Å². The van der Waals surface area contributed by atoms with Crippen molar-refractivity contribution in [2.45, 2.75) is 26.4 Å². The lowest BCUT2D eigenvalue weighted by atomic mass is 9.95. The number of nitrogens with one attached hydrogen (secondary N) is 1. The molecule has 0 saturated carbocycles. The van der Waals surface area contributed by atoms with Gasteiger partial charge < -0.3 is 14.5 Å². The standard InChI is InChI=1S/C22H20N2O4/c1-13-21(27-12-24-13)22(26)23-11-17-10-16-9-15(7-8-20(16)28-17)19-6-4-3-5-18(19)14(2)25/h3-9,12,17H,10-11H2,1-2H3,(H,23,26). The summed E-state index contributed by atoms with van der Waals surface area (Å²) < 4.78 is 11.1. The van der Waals surface area contributed by atoms with E-state index in [-0.39, 0.29) is 23.6 Å². The van der Waals surface area contributed by atoms with Gasteiger partial charge in [0, 0.05) is 12.0 Å². The highest BCUT2D eigenvalue weighted by Crippen LogP contribution is 2.34. The number of benzene rings is 2. The van der Waals surface area contributed by atoms with Gasteiger partial charge in [-0.2, -0.15) is 0 Å². The Morgan fingerprint density at radius 2 is 2.04 bits per heavy atom. The molecule has 0 fully saturated rings. The number of aromatic nitrogens is 1. The smallest absolute Gasteiger partial charge is 0.289 e. The lowest BCUT2D eigenvalue weighted by Gasteiger charge is -2.11. The number of rotatable bonds is 5. The number of carbonyl (C=O) groups is 2. The van der Waals surface area contributed by atoms with Crippen molar-refractivity contribution in [2.75, 3.05) is 6.54 Å². The molecule has 1 aliphatic rings. The summed E-state index contributed by atoms with van der Waals surface area (Å²) in [4.78, 5) is 28.0. The van der Waals surface area contributed by atoms with Gasteiger partial charge in [-0.1, -0.05) is 30.3 Å². The molecule has 6 nitrogen and oxygen atoms in total. The molecule has 28 heavy (non-hydrogen) atoms. The summed E-state index contributed by atoms with van der Waals surface area (Å²) in [5.74, 6) is 0.763. The minimum Gasteiger partial charge on any atom is -0.488 e. The van der Waals surface area contributed by atoms with Gasteiger partial charge in [0.1, 0.15) is 11.9 Å². The fourth-order valence-corrected chi connectivity index (χ4v) is 3.45. The number of ketones is 1. The van der Waals surface area contributed by atoms with Crippen LogP contribution in [0.15, 0.2) is 53.3 Å². The molecule has 1 atom stereocenters. The third-order valence-corrected chi connectivity index (χ3v) is 4.86. The number of nitrogens with zero attached hydrogens (tertiary/aromatic N) is 1. The summed E-state index contributed by atoms with van der Waals surface area (Å²) >= 11 is 0. The lowest BCUT2D eigenvalue weighted by Crippen LogP contribution is -2.34. The summed E-state index contributed by atoms with van der Waals surface area (Å²) in [7, 11) is 0. The van der Waals surface area contributed by atoms with Gasteiger partial charge >= 0.3 is 0 Å². The van der Waals surface area contributed by atoms with Crippen LogP contribution in [0.5, 0.6) is 5.75 Å². The third-order valence-electron chi connectivity index (χ3n) is 4.86. The van der Waals surface area contributed by atoms with Gasteiger partial charge in [-0.05, 0) is 42.7 Å². The van der Waals surface area contributed by atoms with Crippen LogP contribution >= 0.6 is 0 Å². The number of fused-ring (bicyclic) bond motifs is 1. The Hall–Kier alpha value is -3.41. The Kier molecular flexibility index (Phi) is 4.69. The summed E-state index contributed by atoms with van der Waals surface area (Å²) in [5, 5.41) is 2.83. The molecular formula is C22H20N2O4. The van der Waals surface area contributed by atoms with Gasteiger partial charge in [0.25, 0.3) is 5.91 Å². The predicted octanol–water partition coefficient (Wildman–Crippen LogP) is 3.59. The largest absolute Gasteiger partial charge is 0.488 e. The first kappa shape index (κ1) is 18.0. The molecular weight excluding hydrogens is 356 g/mol. The molecule has 1 aromatic heterocycles. The van der Waals surface area contributed by atoms with E-state index in [4.69, 9.17) is 9.15 Å². The third kappa shape index (κ3) is 3.41. The van der Waals surface area contributed by atoms with E-state index < -0.39 is 0 Å². The monoisotopic (exact) mass is 376 g/mol. The molecule has 142 valence electrons. The number of hydrogen-bond acceptors (Lipinski definition) is 5. The second-order valence-corrected chi connectivity index (χ2v) is 6.85. The van der Waals surface area contributed by atoms with Gasteiger partial charge in [-0.15, -0.1) is 0 Å². The Balaban J connectivity index is 1.47. The van der Waals surface area contributed by atoms with E-state index >= 15 is 0 Å². The number of carbonyl (C=O) groups excluding carboxylic acids is 2. The van der Waals surface area contributed by atoms with Crippen molar-refractivity contribution in [2.24, 2.45) is 0 Å². The predicted molar refractivity (Wildman–Crippen MR) is 104 cm³/mol. The first-order chi connectivity index (χ1) is 13.5. The van der Waals surface area contributed by atoms with Crippen molar-refractivity contribution in [3.8, 4) is 16.9 Å². The summed E-state index contributed by atoms with van der Waals surface area (Å²) in [6.45, 7) is 3.66. The van der Waals surface area contributed by atoms with E-state index in [9.17, 15) is 9.59 Å². The average Bonchev–Trinajstić information content (AvgIpc) is 3.31. The van der Waals surface area contributed by atoms with Crippen LogP contribution < -0.4 is 10.1 Å². The molecule has 1 aliphatic heterocycles. The number of ether oxygens (including phenoxy) is 1. The number of oxazole rings is 1. The average molecular weight is 376 g/mol. The first-order valence-corrected chi connectivity index (χ1v) is 9.11. The van der Waals surface area contributed by atoms with Crippen molar-refractivity contribution in [1.29, 1.82) is 0 Å². The molecule has 2 aromatic carbocycles. The van der Waals surface area contributed by atoms with Crippen LogP contribution in [0.25, 0.3) is 11.1 Å². The van der Waals surface area contributed by atoms with Crippen LogP contribution in [0.1, 0.15) is 39.1 Å². The van der Waals surface area contributed by atoms with Crippen LogP contribution in [0.2, 0.25) is 0 Å². The zero-order valence-electron chi connectivity index (χ0n) is 15.7. The quantitative estimate of drug-likeness (QED) is 0.688. The Labute approximate surface area is 162 Å². The van der Waals surface area contributed by atoms with Crippen LogP contribution in [0, 0.1) is 6.92 Å². The number of aryl methyl sites for hydroxylation is 1. The zero-order valence-corrected chi connectivity index (χ0v) is 15.7. The zero-order chi connectivity index (χ0) is 19.7. The number of Topliss-reactive ketones (excluding diaryl/α,β-unsaturated/α-hetero) is 1. The van der Waals surface area contributed by atoms with Crippen LogP contribution in [0.4, 0.5) is 0 Å². The van der Waals surface area contributed by atoms with Gasteiger partial charge in [0.2, 0.25) is 5.76 Å². The molecule has 0 radical (unpaired) electrons. The lowest BCUT2D eigenvalue weighted by molar-refractivity contribution is 0.0904. The van der Waals surface area contributed by atoms with Crippen molar-refractivity contribution >= 4 is 11.7 Å². The van der Waals surface area contributed by atoms with E-state index in [1.165, 1.54) is 6.39 Å².